The third-order valence-electron chi connectivity index (χ3n) is 6.29. The Morgan fingerprint density at radius 2 is 1.54 bits per heavy atom. The van der Waals surface area contributed by atoms with Crippen LogP contribution >= 0.6 is 0 Å². The summed E-state index contributed by atoms with van der Waals surface area (Å²) in [7, 11) is -1.78. The maximum absolute atomic E-state index is 12.1. The molecule has 0 spiro atoms. The first-order chi connectivity index (χ1) is 11.3. The molecule has 1 aliphatic heterocycles. The number of amides is 1. The summed E-state index contributed by atoms with van der Waals surface area (Å²) in [4.78, 5) is 14.2. The number of carbonyl (C=O) groups is 1. The van der Waals surface area contributed by atoms with Crippen LogP contribution in [0.15, 0.2) is 0 Å². The topological polar surface area (TPSA) is 41.6 Å². The standard InChI is InChI=1S/C19H38N2O2Si/c1-14(2)24(15(3)4,16(5)6)23-18-9-7-17(8-10-18)21-12-11-20-13-19(21)22/h14-18,20H,7-13H2,1-6H3. The molecule has 4 nitrogen and oxygen atoms in total. The highest BCUT2D eigenvalue weighted by molar-refractivity contribution is 6.77. The summed E-state index contributed by atoms with van der Waals surface area (Å²) in [5.74, 6) is 0.279. The van der Waals surface area contributed by atoms with Crippen molar-refractivity contribution in [3.05, 3.63) is 0 Å². The molecule has 2 rings (SSSR count). The largest absolute Gasteiger partial charge is 0.413 e. The van der Waals surface area contributed by atoms with Gasteiger partial charge in [0.1, 0.15) is 0 Å². The minimum absolute atomic E-state index is 0.279. The summed E-state index contributed by atoms with van der Waals surface area (Å²) in [5.41, 5.74) is 1.93. The minimum atomic E-state index is -1.78. The molecule has 2 fully saturated rings. The van der Waals surface area contributed by atoms with Crippen molar-refractivity contribution >= 4 is 14.2 Å². The lowest BCUT2D eigenvalue weighted by molar-refractivity contribution is -0.135. The van der Waals surface area contributed by atoms with Crippen LogP contribution < -0.4 is 5.32 Å². The molecule has 2 aliphatic rings. The van der Waals surface area contributed by atoms with Crippen LogP contribution in [0.5, 0.6) is 0 Å². The van der Waals surface area contributed by atoms with Crippen molar-refractivity contribution in [2.45, 2.75) is 96.0 Å². The van der Waals surface area contributed by atoms with Gasteiger partial charge in [-0.3, -0.25) is 4.79 Å². The molecular formula is C19H38N2O2Si. The van der Waals surface area contributed by atoms with Crippen LogP contribution in [0.25, 0.3) is 0 Å². The summed E-state index contributed by atoms with van der Waals surface area (Å²) in [6.07, 6.45) is 4.84. The number of rotatable bonds is 6. The summed E-state index contributed by atoms with van der Waals surface area (Å²) in [6.45, 7) is 16.5. The van der Waals surface area contributed by atoms with Gasteiger partial charge in [-0.25, -0.2) is 0 Å². The van der Waals surface area contributed by atoms with Gasteiger partial charge in [0.2, 0.25) is 14.2 Å². The molecule has 0 aromatic heterocycles. The highest BCUT2D eigenvalue weighted by atomic mass is 28.4. The summed E-state index contributed by atoms with van der Waals surface area (Å²) >= 11 is 0. The predicted molar refractivity (Wildman–Crippen MR) is 103 cm³/mol. The lowest BCUT2D eigenvalue weighted by atomic mass is 9.91. The first kappa shape index (κ1) is 19.9. The van der Waals surface area contributed by atoms with Gasteiger partial charge in [0, 0.05) is 25.2 Å². The third-order valence-corrected chi connectivity index (χ3v) is 12.4. The second kappa shape index (κ2) is 8.32. The Hall–Kier alpha value is -0.393. The van der Waals surface area contributed by atoms with E-state index in [1.54, 1.807) is 0 Å². The normalized spacial score (nSPS) is 26.7. The molecule has 0 atom stereocenters. The summed E-state index contributed by atoms with van der Waals surface area (Å²) < 4.78 is 6.95. The first-order valence-electron chi connectivity index (χ1n) is 9.97. The molecule has 0 radical (unpaired) electrons. The van der Waals surface area contributed by atoms with Gasteiger partial charge in [-0.15, -0.1) is 0 Å². The lowest BCUT2D eigenvalue weighted by Crippen LogP contribution is -2.54. The lowest BCUT2D eigenvalue weighted by Gasteiger charge is -2.47. The highest BCUT2D eigenvalue weighted by Gasteiger charge is 2.47. The second-order valence-electron chi connectivity index (χ2n) is 8.63. The molecule has 5 heteroatoms. The summed E-state index contributed by atoms with van der Waals surface area (Å²) in [6, 6.07) is 0.438. The SMILES string of the molecule is CC(C)[Si](OC1CCC(N2CCNCC2=O)CC1)(C(C)C)C(C)C. The number of nitrogens with one attached hydrogen (secondary N) is 1. The quantitative estimate of drug-likeness (QED) is 0.735. The van der Waals surface area contributed by atoms with Crippen molar-refractivity contribution < 1.29 is 9.22 Å². The molecule has 140 valence electrons. The zero-order valence-corrected chi connectivity index (χ0v) is 17.6. The van der Waals surface area contributed by atoms with Gasteiger partial charge >= 0.3 is 0 Å². The van der Waals surface area contributed by atoms with Crippen LogP contribution in [0, 0.1) is 0 Å². The van der Waals surface area contributed by atoms with Crippen molar-refractivity contribution in [3.63, 3.8) is 0 Å². The van der Waals surface area contributed by atoms with Gasteiger partial charge in [-0.05, 0) is 42.3 Å². The van der Waals surface area contributed by atoms with Gasteiger partial charge in [0.15, 0.2) is 0 Å². The smallest absolute Gasteiger partial charge is 0.236 e. The van der Waals surface area contributed by atoms with E-state index in [1.165, 1.54) is 0 Å². The van der Waals surface area contributed by atoms with Gasteiger partial charge in [-0.1, -0.05) is 41.5 Å². The van der Waals surface area contributed by atoms with E-state index in [-0.39, 0.29) is 5.91 Å². The van der Waals surface area contributed by atoms with Gasteiger partial charge in [0.05, 0.1) is 6.54 Å². The number of carbonyl (C=O) groups excluding carboxylic acids is 1. The number of hydrogen-bond donors (Lipinski definition) is 1. The van der Waals surface area contributed by atoms with E-state index in [4.69, 9.17) is 4.43 Å². The second-order valence-corrected chi connectivity index (χ2v) is 14.0. The molecular weight excluding hydrogens is 316 g/mol. The third kappa shape index (κ3) is 4.05. The highest BCUT2D eigenvalue weighted by Crippen LogP contribution is 2.44. The Balaban J connectivity index is 1.97. The predicted octanol–water partition coefficient (Wildman–Crippen LogP) is 3.92. The van der Waals surface area contributed by atoms with Gasteiger partial charge in [-0.2, -0.15) is 0 Å². The van der Waals surface area contributed by atoms with Crippen LogP contribution in [0.3, 0.4) is 0 Å². The average Bonchev–Trinajstić information content (AvgIpc) is 2.52. The first-order valence-corrected chi connectivity index (χ1v) is 12.1. The van der Waals surface area contributed by atoms with E-state index in [9.17, 15) is 4.79 Å². The van der Waals surface area contributed by atoms with Crippen molar-refractivity contribution in [1.82, 2.24) is 10.2 Å². The maximum Gasteiger partial charge on any atom is 0.236 e. The molecule has 1 heterocycles. The van der Waals surface area contributed by atoms with E-state index in [2.05, 4.69) is 51.8 Å². The molecule has 1 N–H and O–H groups in total. The van der Waals surface area contributed by atoms with E-state index < -0.39 is 8.32 Å². The Bertz CT molecular complexity index is 396. The zero-order chi connectivity index (χ0) is 17.9. The fourth-order valence-electron chi connectivity index (χ4n) is 5.18. The number of nitrogens with zero attached hydrogens (tertiary/aromatic N) is 1. The zero-order valence-electron chi connectivity index (χ0n) is 16.6. The fraction of sp³-hybridized carbons (Fsp3) is 0.947. The van der Waals surface area contributed by atoms with E-state index >= 15 is 0 Å². The molecule has 24 heavy (non-hydrogen) atoms. The van der Waals surface area contributed by atoms with Crippen molar-refractivity contribution in [2.24, 2.45) is 0 Å². The van der Waals surface area contributed by atoms with Crippen LogP contribution in [0.4, 0.5) is 0 Å². The maximum atomic E-state index is 12.1. The Morgan fingerprint density at radius 3 is 2.00 bits per heavy atom. The molecule has 1 saturated heterocycles. The van der Waals surface area contributed by atoms with Gasteiger partial charge < -0.3 is 14.6 Å². The van der Waals surface area contributed by atoms with Gasteiger partial charge in [0.25, 0.3) is 0 Å². The summed E-state index contributed by atoms with van der Waals surface area (Å²) in [5, 5.41) is 3.17. The van der Waals surface area contributed by atoms with Crippen LogP contribution in [0.1, 0.15) is 67.2 Å². The van der Waals surface area contributed by atoms with E-state index in [1.807, 2.05) is 0 Å². The van der Waals surface area contributed by atoms with E-state index in [0.29, 0.717) is 35.3 Å². The number of hydrogen-bond acceptors (Lipinski definition) is 3. The molecule has 1 amide bonds. The molecule has 1 saturated carbocycles. The number of piperazine rings is 1. The Kier molecular flexibility index (Phi) is 6.91. The average molecular weight is 355 g/mol. The monoisotopic (exact) mass is 354 g/mol. The molecule has 0 unspecified atom stereocenters. The van der Waals surface area contributed by atoms with Crippen LogP contribution in [-0.4, -0.2) is 50.9 Å². The molecule has 1 aliphatic carbocycles. The molecule has 0 aromatic rings. The van der Waals surface area contributed by atoms with Crippen molar-refractivity contribution in [3.8, 4) is 0 Å². The van der Waals surface area contributed by atoms with Crippen molar-refractivity contribution in [1.29, 1.82) is 0 Å². The minimum Gasteiger partial charge on any atom is -0.413 e. The Morgan fingerprint density at radius 1 is 1.00 bits per heavy atom. The molecule has 0 bridgehead atoms. The van der Waals surface area contributed by atoms with E-state index in [0.717, 1.165) is 38.8 Å². The Labute approximate surface area is 149 Å². The van der Waals surface area contributed by atoms with Crippen LogP contribution in [-0.2, 0) is 9.22 Å². The molecule has 0 aromatic carbocycles. The fourth-order valence-corrected chi connectivity index (χ4v) is 10.8. The van der Waals surface area contributed by atoms with Crippen LogP contribution in [0.2, 0.25) is 16.6 Å². The van der Waals surface area contributed by atoms with Crippen molar-refractivity contribution in [2.75, 3.05) is 19.6 Å².